The first-order valence-electron chi connectivity index (χ1n) is 42.3. The number of aliphatic hydroxyl groups excluding tert-OH is 4. The van der Waals surface area contributed by atoms with Crippen molar-refractivity contribution in [2.24, 2.45) is 16.2 Å². The van der Waals surface area contributed by atoms with Crippen LogP contribution in [0.25, 0.3) is 32.7 Å². The number of halogens is 3. The highest BCUT2D eigenvalue weighted by molar-refractivity contribution is 6.13. The highest BCUT2D eigenvalue weighted by Crippen LogP contribution is 2.51. The third kappa shape index (κ3) is 25.2. The van der Waals surface area contributed by atoms with Gasteiger partial charge < -0.3 is 58.3 Å². The van der Waals surface area contributed by atoms with Gasteiger partial charge in [-0.2, -0.15) is 0 Å². The zero-order valence-electron chi connectivity index (χ0n) is 70.8. The van der Waals surface area contributed by atoms with Crippen molar-refractivity contribution < 1.29 is 115 Å². The highest BCUT2D eigenvalue weighted by Gasteiger charge is 2.57. The van der Waals surface area contributed by atoms with Gasteiger partial charge in [-0.1, -0.05) is 106 Å². The van der Waals surface area contributed by atoms with E-state index in [4.69, 9.17) is 48.1 Å². The van der Waals surface area contributed by atoms with E-state index in [2.05, 4.69) is 15.0 Å². The first-order valence-corrected chi connectivity index (χ1v) is 42.3. The number of aliphatic hydroxyl groups is 4. The second-order valence-electron chi connectivity index (χ2n) is 33.0. The van der Waals surface area contributed by atoms with Crippen molar-refractivity contribution in [3.8, 4) is 34.5 Å². The number of fused-ring (bicyclic) bond motifs is 3. The molecule has 16 rings (SSSR count). The number of Topliss-reactive ketones (excluding diaryl/α,β-unsaturated/α-hetero) is 9. The predicted molar refractivity (Wildman–Crippen MR) is 481 cm³/mol. The molecule has 0 radical (unpaired) electrons. The fraction of sp³-hybridized carbons (Fsp3) is 0.308. The average molecular weight is 1790 g/mol. The first-order chi connectivity index (χ1) is 62.1. The van der Waals surface area contributed by atoms with E-state index >= 15 is 0 Å². The molecule has 4 aliphatic rings. The number of nitrogens with zero attached hydrogens (tertiary/aromatic N) is 3. The quantitative estimate of drug-likeness (QED) is 0.0204. The van der Waals surface area contributed by atoms with Gasteiger partial charge in [-0.3, -0.25) is 58.1 Å². The molecule has 1 unspecified atom stereocenters. The zero-order chi connectivity index (χ0) is 91.0. The number of rotatable bonds is 41. The van der Waals surface area contributed by atoms with E-state index in [1.807, 2.05) is 26.0 Å². The molecule has 24 nitrogen and oxygen atoms in total. The lowest BCUT2D eigenvalue weighted by molar-refractivity contribution is -0.144. The lowest BCUT2D eigenvalue weighted by Crippen LogP contribution is -2.28. The van der Waals surface area contributed by atoms with Crippen LogP contribution in [-0.2, 0) is 91.0 Å². The Kier molecular flexibility index (Phi) is 32.4. The molecule has 4 N–H and O–H groups in total. The molecule has 27 heteroatoms. The molecule has 0 bridgehead atoms. The maximum Gasteiger partial charge on any atom is 0.188 e. The molecule has 0 spiro atoms. The van der Waals surface area contributed by atoms with Gasteiger partial charge in [0.05, 0.1) is 72.4 Å². The molecule has 131 heavy (non-hydrogen) atoms. The van der Waals surface area contributed by atoms with Gasteiger partial charge >= 0.3 is 0 Å². The van der Waals surface area contributed by atoms with Gasteiger partial charge in [0.25, 0.3) is 0 Å². The summed E-state index contributed by atoms with van der Waals surface area (Å²) >= 11 is 0. The summed E-state index contributed by atoms with van der Waals surface area (Å²) in [6.07, 6.45) is 6.47. The summed E-state index contributed by atoms with van der Waals surface area (Å²) in [4.78, 5) is 129. The Bertz CT molecular complexity index is 5860. The lowest BCUT2D eigenvalue weighted by atomic mass is 9.88. The average Bonchev–Trinajstić information content (AvgIpc) is 1.62. The second kappa shape index (κ2) is 43.7. The summed E-state index contributed by atoms with van der Waals surface area (Å²) in [5.41, 5.74) is 4.54. The number of ketones is 9. The Labute approximate surface area is 755 Å². The van der Waals surface area contributed by atoms with Crippen LogP contribution in [-0.4, -0.2) is 171 Å². The van der Waals surface area contributed by atoms with Gasteiger partial charge in [-0.15, -0.1) is 0 Å². The van der Waals surface area contributed by atoms with Crippen LogP contribution in [0.5, 0.6) is 34.5 Å². The predicted octanol–water partition coefficient (Wildman–Crippen LogP) is 16.3. The highest BCUT2D eigenvalue weighted by atomic mass is 19.1. The summed E-state index contributed by atoms with van der Waals surface area (Å²) in [6, 6.07) is 59.2. The fourth-order valence-corrected chi connectivity index (χ4v) is 15.1. The number of ether oxygens (including phenoxy) is 8. The number of carbonyl (C=O) groups excluding carboxylic acids is 9. The van der Waals surface area contributed by atoms with Crippen LogP contribution >= 0.6 is 0 Å². The number of benzene rings is 9. The zero-order valence-corrected chi connectivity index (χ0v) is 70.8. The Balaban J connectivity index is 0.000000176. The Morgan fingerprint density at radius 1 is 0.374 bits per heavy atom. The van der Waals surface area contributed by atoms with Gasteiger partial charge in [0.15, 0.2) is 57.8 Å². The first kappa shape index (κ1) is 97.1. The summed E-state index contributed by atoms with van der Waals surface area (Å²) in [6.45, 7) is 2.63. The van der Waals surface area contributed by atoms with Crippen molar-refractivity contribution in [3.63, 3.8) is 0 Å². The maximum atomic E-state index is 13.2. The molecule has 3 saturated carbocycles. The molecular formula is C104H102F3N3O21. The SMILES string of the molecule is C.C.CC1(C)OCC(COCC(=O)c2ccc3c(Oc4ccc(CC(=O)C5(C(=O)Cc6ccc(F)cc6)CC5)cc4)ccnc3c2)O1.O=C(COC[C@@H](O)CO)c1ccc2c(Oc3ccc(CC(=O)C4(C(=O)Cc5ccc(F)cc5)CC4)cc3)ccnc2c1.O=C(COC[C@H](O)CO)c1ccc2c(Oc3ccc(CC(=O)C4(C(=O)Cc5ccc(F)cc5)CC4)cc3)ccnc2c1. The molecule has 1 aliphatic heterocycles. The third-order valence-corrected chi connectivity index (χ3v) is 23.0. The Morgan fingerprint density at radius 2 is 0.634 bits per heavy atom. The summed E-state index contributed by atoms with van der Waals surface area (Å²) in [7, 11) is 0. The normalized spacial score (nSPS) is 15.4. The summed E-state index contributed by atoms with van der Waals surface area (Å²) in [5.74, 6) is 0.162. The number of hydrogen-bond acceptors (Lipinski definition) is 24. The standard InChI is InChI=1S/C36H34FNO7.2C33H30FNO7.2CH4/c1-35(2)43-21-28(45-35)20-42-22-31(39)25-7-12-29-30(19-25)38-16-13-32(29)44-27-10-5-24(6-11-27)18-34(41)36(14-15-36)33(40)17-23-3-8-26(37)9-4-23;2*34-24-6-1-21(2-7-24)15-31(39)33(12-13-33)32(40)16-22-3-8-26(9-4-22)42-30-11-14-35-28-17-23(5-10-27(28)30)29(38)20-41-19-25(37)18-36;;/h3-13,16,19,28H,14-15,17-18,20-22H2,1-2H3;2*1-11,14,17,25,36-37H,12-13,15-16,18-20H2;2*1H4/t;2*25-;;/m.10../s1. The molecule has 1 saturated heterocycles. The Hall–Kier alpha value is -12.9. The van der Waals surface area contributed by atoms with Gasteiger partial charge in [0.2, 0.25) is 0 Å². The van der Waals surface area contributed by atoms with Crippen LogP contribution in [0.3, 0.4) is 0 Å². The molecule has 4 fully saturated rings. The van der Waals surface area contributed by atoms with Gasteiger partial charge in [-0.25, -0.2) is 13.2 Å². The maximum absolute atomic E-state index is 13.2. The topological polar surface area (TPSA) is 347 Å². The molecule has 12 aromatic rings. The van der Waals surface area contributed by atoms with Crippen molar-refractivity contribution in [3.05, 3.63) is 305 Å². The van der Waals surface area contributed by atoms with E-state index in [-0.39, 0.29) is 169 Å². The van der Waals surface area contributed by atoms with E-state index < -0.39 is 47.5 Å². The van der Waals surface area contributed by atoms with Crippen LogP contribution in [0.1, 0.15) is 132 Å². The van der Waals surface area contributed by atoms with Crippen LogP contribution in [0, 0.1) is 33.7 Å². The van der Waals surface area contributed by atoms with Crippen LogP contribution in [0.4, 0.5) is 13.2 Å². The van der Waals surface area contributed by atoms with Crippen LogP contribution < -0.4 is 14.2 Å². The van der Waals surface area contributed by atoms with Gasteiger partial charge in [0.1, 0.15) is 90.1 Å². The van der Waals surface area contributed by atoms with Gasteiger partial charge in [-0.05, 0) is 213 Å². The van der Waals surface area contributed by atoms with E-state index in [0.717, 1.165) is 22.1 Å². The molecule has 3 atom stereocenters. The second-order valence-corrected chi connectivity index (χ2v) is 33.0. The van der Waals surface area contributed by atoms with E-state index in [1.165, 1.54) is 36.4 Å². The largest absolute Gasteiger partial charge is 0.457 e. The molecule has 680 valence electrons. The third-order valence-electron chi connectivity index (χ3n) is 23.0. The minimum absolute atomic E-state index is 0. The molecule has 9 aromatic carbocycles. The van der Waals surface area contributed by atoms with Gasteiger partial charge in [0, 0.05) is 90.0 Å². The van der Waals surface area contributed by atoms with Crippen molar-refractivity contribution >= 4 is 84.8 Å². The summed E-state index contributed by atoms with van der Waals surface area (Å²) < 4.78 is 85.0. The summed E-state index contributed by atoms with van der Waals surface area (Å²) in [5, 5.41) is 38.5. The monoisotopic (exact) mass is 1790 g/mol. The van der Waals surface area contributed by atoms with E-state index in [1.54, 1.807) is 188 Å². The smallest absolute Gasteiger partial charge is 0.188 e. The Morgan fingerprint density at radius 3 is 0.878 bits per heavy atom. The number of aromatic nitrogens is 3. The van der Waals surface area contributed by atoms with Crippen LogP contribution in [0.15, 0.2) is 237 Å². The molecule has 3 aromatic heterocycles. The van der Waals surface area contributed by atoms with Crippen molar-refractivity contribution in [2.45, 2.75) is 130 Å². The molecule has 4 heterocycles. The number of carbonyl (C=O) groups is 9. The fourth-order valence-electron chi connectivity index (χ4n) is 15.1. The minimum atomic E-state index is -1.04. The number of hydrogen-bond donors (Lipinski definition) is 4. The molecule has 3 aliphatic carbocycles. The molecule has 0 amide bonds. The van der Waals surface area contributed by atoms with Crippen LogP contribution in [0.2, 0.25) is 0 Å². The number of pyridine rings is 3. The lowest BCUT2D eigenvalue weighted by Gasteiger charge is -2.17. The minimum Gasteiger partial charge on any atom is -0.457 e. The van der Waals surface area contributed by atoms with Crippen molar-refractivity contribution in [1.29, 1.82) is 0 Å². The van der Waals surface area contributed by atoms with E-state index in [0.29, 0.717) is 140 Å². The molecular weight excluding hydrogens is 1680 g/mol. The van der Waals surface area contributed by atoms with Crippen molar-refractivity contribution in [2.75, 3.05) is 59.5 Å². The van der Waals surface area contributed by atoms with E-state index in [9.17, 15) is 66.5 Å². The van der Waals surface area contributed by atoms with Crippen molar-refractivity contribution in [1.82, 2.24) is 15.0 Å².